The third kappa shape index (κ3) is 5.13. The Hall–Kier alpha value is -3.16. The Bertz CT molecular complexity index is 945. The van der Waals surface area contributed by atoms with E-state index in [-0.39, 0.29) is 23.8 Å². The molecule has 166 valence electrons. The molecular weight excluding hydrogens is 394 g/mol. The Balaban J connectivity index is 1.87. The summed E-state index contributed by atoms with van der Waals surface area (Å²) in [5.74, 6) is 0.830. The van der Waals surface area contributed by atoms with E-state index in [1.54, 1.807) is 12.3 Å². The topological polar surface area (TPSA) is 87.7 Å². The SMILES string of the molecule is CCOc1ccccc1C(=O)N1CCC(c2nc(N(C)C)ncc2C(=O)NC(C)C)C1. The fourth-order valence-corrected chi connectivity index (χ4v) is 3.69. The molecule has 1 aliphatic heterocycles. The summed E-state index contributed by atoms with van der Waals surface area (Å²) in [6.07, 6.45) is 2.32. The summed E-state index contributed by atoms with van der Waals surface area (Å²) in [6, 6.07) is 7.30. The van der Waals surface area contributed by atoms with Gasteiger partial charge in [0.2, 0.25) is 5.95 Å². The van der Waals surface area contributed by atoms with Gasteiger partial charge in [-0.1, -0.05) is 12.1 Å². The molecule has 0 radical (unpaired) electrons. The van der Waals surface area contributed by atoms with Crippen LogP contribution in [0, 0.1) is 0 Å². The van der Waals surface area contributed by atoms with Gasteiger partial charge in [-0.25, -0.2) is 9.97 Å². The van der Waals surface area contributed by atoms with Gasteiger partial charge in [-0.05, 0) is 39.3 Å². The molecule has 0 bridgehead atoms. The number of benzene rings is 1. The number of carbonyl (C=O) groups excluding carboxylic acids is 2. The fraction of sp³-hybridized carbons (Fsp3) is 0.478. The van der Waals surface area contributed by atoms with Gasteiger partial charge in [-0.15, -0.1) is 0 Å². The van der Waals surface area contributed by atoms with Gasteiger partial charge in [-0.2, -0.15) is 0 Å². The van der Waals surface area contributed by atoms with Crippen molar-refractivity contribution in [2.45, 2.75) is 39.2 Å². The van der Waals surface area contributed by atoms with Crippen molar-refractivity contribution >= 4 is 17.8 Å². The molecule has 1 aliphatic rings. The average Bonchev–Trinajstić information content (AvgIpc) is 3.23. The van der Waals surface area contributed by atoms with Gasteiger partial charge in [0, 0.05) is 45.3 Å². The van der Waals surface area contributed by atoms with Gasteiger partial charge in [0.05, 0.1) is 23.4 Å². The van der Waals surface area contributed by atoms with Crippen LogP contribution in [0.2, 0.25) is 0 Å². The van der Waals surface area contributed by atoms with Crippen molar-refractivity contribution < 1.29 is 14.3 Å². The van der Waals surface area contributed by atoms with Crippen LogP contribution in [0.1, 0.15) is 59.5 Å². The molecule has 2 heterocycles. The quantitative estimate of drug-likeness (QED) is 0.734. The van der Waals surface area contributed by atoms with Gasteiger partial charge >= 0.3 is 0 Å². The number of carbonyl (C=O) groups is 2. The molecule has 1 fully saturated rings. The van der Waals surface area contributed by atoms with Crippen LogP contribution in [0.15, 0.2) is 30.5 Å². The number of para-hydroxylation sites is 1. The molecule has 0 aliphatic carbocycles. The van der Waals surface area contributed by atoms with Gasteiger partial charge < -0.3 is 19.9 Å². The number of anilines is 1. The number of hydrogen-bond acceptors (Lipinski definition) is 6. The molecule has 3 rings (SSSR count). The normalized spacial score (nSPS) is 15.8. The number of likely N-dealkylation sites (tertiary alicyclic amines) is 1. The zero-order valence-electron chi connectivity index (χ0n) is 18.9. The van der Waals surface area contributed by atoms with E-state index in [2.05, 4.69) is 15.3 Å². The number of ether oxygens (including phenoxy) is 1. The lowest BCUT2D eigenvalue weighted by molar-refractivity contribution is 0.0786. The first-order valence-electron chi connectivity index (χ1n) is 10.7. The summed E-state index contributed by atoms with van der Waals surface area (Å²) < 4.78 is 5.63. The Labute approximate surface area is 183 Å². The van der Waals surface area contributed by atoms with E-state index in [4.69, 9.17) is 4.74 Å². The monoisotopic (exact) mass is 425 g/mol. The summed E-state index contributed by atoms with van der Waals surface area (Å²) in [7, 11) is 3.73. The van der Waals surface area contributed by atoms with E-state index in [9.17, 15) is 9.59 Å². The lowest BCUT2D eigenvalue weighted by atomic mass is 9.99. The highest BCUT2D eigenvalue weighted by Gasteiger charge is 2.33. The Kier molecular flexibility index (Phi) is 7.09. The second-order valence-electron chi connectivity index (χ2n) is 8.16. The Morgan fingerprint density at radius 2 is 2.00 bits per heavy atom. The van der Waals surface area contributed by atoms with Crippen LogP contribution in [0.3, 0.4) is 0 Å². The molecule has 0 spiro atoms. The largest absolute Gasteiger partial charge is 0.493 e. The summed E-state index contributed by atoms with van der Waals surface area (Å²) in [6.45, 7) is 7.31. The molecular formula is C23H31N5O3. The summed E-state index contributed by atoms with van der Waals surface area (Å²) in [4.78, 5) is 38.6. The minimum Gasteiger partial charge on any atom is -0.493 e. The maximum absolute atomic E-state index is 13.2. The maximum Gasteiger partial charge on any atom is 0.257 e. The lowest BCUT2D eigenvalue weighted by Crippen LogP contribution is -2.32. The highest BCUT2D eigenvalue weighted by Crippen LogP contribution is 2.31. The van der Waals surface area contributed by atoms with Crippen LogP contribution >= 0.6 is 0 Å². The molecule has 0 saturated carbocycles. The van der Waals surface area contributed by atoms with E-state index < -0.39 is 0 Å². The molecule has 1 atom stereocenters. The molecule has 1 aromatic carbocycles. The first-order chi connectivity index (χ1) is 14.8. The van der Waals surface area contributed by atoms with Crippen LogP contribution in [-0.4, -0.2) is 66.5 Å². The lowest BCUT2D eigenvalue weighted by Gasteiger charge is -2.20. The molecule has 8 heteroatoms. The minimum absolute atomic E-state index is 0.00518. The highest BCUT2D eigenvalue weighted by molar-refractivity contribution is 5.97. The molecule has 2 amide bonds. The predicted molar refractivity (Wildman–Crippen MR) is 120 cm³/mol. The van der Waals surface area contributed by atoms with E-state index in [1.165, 1.54) is 0 Å². The smallest absolute Gasteiger partial charge is 0.257 e. The number of aromatic nitrogens is 2. The van der Waals surface area contributed by atoms with Gasteiger partial charge in [0.1, 0.15) is 5.75 Å². The van der Waals surface area contributed by atoms with Gasteiger partial charge in [-0.3, -0.25) is 9.59 Å². The number of hydrogen-bond donors (Lipinski definition) is 1. The van der Waals surface area contributed by atoms with Crippen molar-refractivity contribution in [3.05, 3.63) is 47.3 Å². The van der Waals surface area contributed by atoms with Gasteiger partial charge in [0.25, 0.3) is 11.8 Å². The molecule has 2 aromatic rings. The van der Waals surface area contributed by atoms with Crippen molar-refractivity contribution in [3.8, 4) is 5.75 Å². The molecule has 1 aromatic heterocycles. The summed E-state index contributed by atoms with van der Waals surface area (Å²) in [5.41, 5.74) is 1.71. The molecule has 8 nitrogen and oxygen atoms in total. The standard InChI is InChI=1S/C23H31N5O3/c1-6-31-19-10-8-7-9-17(19)22(30)28-12-11-16(14-28)20-18(21(29)25-15(2)3)13-24-23(26-20)27(4)5/h7-10,13,15-16H,6,11-12,14H2,1-5H3,(H,25,29). The second kappa shape index (κ2) is 9.76. The van der Waals surface area contributed by atoms with Crippen molar-refractivity contribution in [1.29, 1.82) is 0 Å². The van der Waals surface area contributed by atoms with Crippen molar-refractivity contribution in [2.75, 3.05) is 38.7 Å². The Morgan fingerprint density at radius 1 is 1.26 bits per heavy atom. The third-order valence-electron chi connectivity index (χ3n) is 5.15. The Morgan fingerprint density at radius 3 is 2.68 bits per heavy atom. The molecule has 1 N–H and O–H groups in total. The highest BCUT2D eigenvalue weighted by atomic mass is 16.5. The average molecular weight is 426 g/mol. The number of rotatable bonds is 7. The van der Waals surface area contributed by atoms with Crippen LogP contribution in [-0.2, 0) is 0 Å². The minimum atomic E-state index is -0.193. The molecule has 1 saturated heterocycles. The predicted octanol–water partition coefficient (Wildman–Crippen LogP) is 2.71. The molecule has 1 unspecified atom stereocenters. The zero-order chi connectivity index (χ0) is 22.5. The fourth-order valence-electron chi connectivity index (χ4n) is 3.69. The van der Waals surface area contributed by atoms with E-state index >= 15 is 0 Å². The van der Waals surface area contributed by atoms with Crippen molar-refractivity contribution in [1.82, 2.24) is 20.2 Å². The molecule has 31 heavy (non-hydrogen) atoms. The number of amides is 2. The van der Waals surface area contributed by atoms with E-state index in [0.29, 0.717) is 48.2 Å². The first kappa shape index (κ1) is 22.5. The van der Waals surface area contributed by atoms with Crippen molar-refractivity contribution in [2.24, 2.45) is 0 Å². The first-order valence-corrected chi connectivity index (χ1v) is 10.7. The van der Waals surface area contributed by atoms with Gasteiger partial charge in [0.15, 0.2) is 0 Å². The third-order valence-corrected chi connectivity index (χ3v) is 5.15. The van der Waals surface area contributed by atoms with E-state index in [1.807, 2.05) is 62.9 Å². The van der Waals surface area contributed by atoms with Crippen molar-refractivity contribution in [3.63, 3.8) is 0 Å². The maximum atomic E-state index is 13.2. The summed E-state index contributed by atoms with van der Waals surface area (Å²) >= 11 is 0. The zero-order valence-corrected chi connectivity index (χ0v) is 18.9. The van der Waals surface area contributed by atoms with Crippen LogP contribution < -0.4 is 15.0 Å². The number of nitrogens with one attached hydrogen (secondary N) is 1. The number of nitrogens with zero attached hydrogens (tertiary/aromatic N) is 4. The summed E-state index contributed by atoms with van der Waals surface area (Å²) in [5, 5.41) is 2.92. The van der Waals surface area contributed by atoms with E-state index in [0.717, 1.165) is 6.42 Å². The second-order valence-corrected chi connectivity index (χ2v) is 8.16. The van der Waals surface area contributed by atoms with Crippen LogP contribution in [0.25, 0.3) is 0 Å². The van der Waals surface area contributed by atoms with Crippen LogP contribution in [0.4, 0.5) is 5.95 Å². The van der Waals surface area contributed by atoms with Crippen LogP contribution in [0.5, 0.6) is 5.75 Å².